The molecule has 0 aliphatic heterocycles. The molecule has 0 fully saturated rings. The molecule has 78 valence electrons. The Morgan fingerprint density at radius 2 is 1.62 bits per heavy atom. The van der Waals surface area contributed by atoms with Gasteiger partial charge in [0, 0.05) is 13.2 Å². The standard InChI is InChI=1S/C7H11NO.2C2H6/c1-4-8(3)6-5-7(2)9;2*1-2/h4-6H,1H2,2-3H3;2*1-2H3/b6-5-;;. The largest absolute Gasteiger partial charge is 0.358 e. The number of allylic oxidation sites excluding steroid dienone is 1. The van der Waals surface area contributed by atoms with Crippen molar-refractivity contribution in [3.63, 3.8) is 0 Å². The molecule has 0 amide bonds. The number of hydrogen-bond donors (Lipinski definition) is 0. The van der Waals surface area contributed by atoms with E-state index in [1.165, 1.54) is 13.0 Å². The van der Waals surface area contributed by atoms with Crippen molar-refractivity contribution < 1.29 is 4.79 Å². The second-order valence-electron chi connectivity index (χ2n) is 1.77. The topological polar surface area (TPSA) is 20.3 Å². The smallest absolute Gasteiger partial charge is 0.154 e. The molecule has 0 aromatic heterocycles. The van der Waals surface area contributed by atoms with Gasteiger partial charge >= 0.3 is 0 Å². The summed E-state index contributed by atoms with van der Waals surface area (Å²) < 4.78 is 0. The Bertz CT molecular complexity index is 139. The first-order valence-corrected chi connectivity index (χ1v) is 4.70. The van der Waals surface area contributed by atoms with Crippen molar-refractivity contribution in [2.75, 3.05) is 7.05 Å². The van der Waals surface area contributed by atoms with Crippen LogP contribution < -0.4 is 0 Å². The Balaban J connectivity index is -0.000000218. The first kappa shape index (κ1) is 17.9. The second kappa shape index (κ2) is 17.2. The van der Waals surface area contributed by atoms with Crippen LogP contribution in [0.2, 0.25) is 0 Å². The molecule has 0 N–H and O–H groups in total. The molecule has 0 atom stereocenters. The fourth-order valence-corrected chi connectivity index (χ4v) is 0.283. The fraction of sp³-hybridized carbons (Fsp3) is 0.545. The normalized spacial score (nSPS) is 7.54. The minimum Gasteiger partial charge on any atom is -0.358 e. The van der Waals surface area contributed by atoms with E-state index >= 15 is 0 Å². The molecule has 0 aliphatic carbocycles. The van der Waals surface area contributed by atoms with Gasteiger partial charge in [-0.1, -0.05) is 34.3 Å². The van der Waals surface area contributed by atoms with Crippen molar-refractivity contribution in [3.8, 4) is 0 Å². The third-order valence-corrected chi connectivity index (χ3v) is 0.832. The summed E-state index contributed by atoms with van der Waals surface area (Å²) in [7, 11) is 1.81. The lowest BCUT2D eigenvalue weighted by atomic mass is 10.4. The van der Waals surface area contributed by atoms with Crippen molar-refractivity contribution in [3.05, 3.63) is 25.1 Å². The Morgan fingerprint density at radius 1 is 1.23 bits per heavy atom. The van der Waals surface area contributed by atoms with Crippen molar-refractivity contribution in [2.24, 2.45) is 0 Å². The van der Waals surface area contributed by atoms with E-state index in [0.29, 0.717) is 0 Å². The van der Waals surface area contributed by atoms with Crippen LogP contribution in [0.3, 0.4) is 0 Å². The number of rotatable bonds is 3. The molecule has 0 bridgehead atoms. The van der Waals surface area contributed by atoms with E-state index in [1.54, 1.807) is 17.3 Å². The van der Waals surface area contributed by atoms with Crippen LogP contribution in [-0.4, -0.2) is 17.7 Å². The van der Waals surface area contributed by atoms with Crippen LogP contribution in [0.1, 0.15) is 34.6 Å². The number of hydrogen-bond acceptors (Lipinski definition) is 2. The minimum absolute atomic E-state index is 0.0451. The summed E-state index contributed by atoms with van der Waals surface area (Å²) in [6, 6.07) is 0. The van der Waals surface area contributed by atoms with Gasteiger partial charge in [0.1, 0.15) is 0 Å². The number of carbonyl (C=O) groups is 1. The monoisotopic (exact) mass is 185 g/mol. The average Bonchev–Trinajstić information content (AvgIpc) is 2.20. The Hall–Kier alpha value is -1.05. The number of carbonyl (C=O) groups excluding carboxylic acids is 1. The lowest BCUT2D eigenvalue weighted by Gasteiger charge is -2.02. The van der Waals surface area contributed by atoms with E-state index in [2.05, 4.69) is 6.58 Å². The zero-order chi connectivity index (χ0) is 11.3. The van der Waals surface area contributed by atoms with Crippen LogP contribution >= 0.6 is 0 Å². The molecule has 13 heavy (non-hydrogen) atoms. The highest BCUT2D eigenvalue weighted by molar-refractivity contribution is 5.87. The SMILES string of the molecule is C=CN(C)/C=C\C(C)=O.CC.CC. The van der Waals surface area contributed by atoms with Crippen LogP contribution in [0.4, 0.5) is 0 Å². The van der Waals surface area contributed by atoms with E-state index in [-0.39, 0.29) is 5.78 Å². The predicted octanol–water partition coefficient (Wildman–Crippen LogP) is 3.22. The minimum atomic E-state index is 0.0451. The molecule has 0 heterocycles. The number of ketones is 1. The van der Waals surface area contributed by atoms with E-state index in [0.717, 1.165) is 0 Å². The Labute approximate surface area is 82.9 Å². The van der Waals surface area contributed by atoms with E-state index in [9.17, 15) is 4.79 Å². The fourth-order valence-electron chi connectivity index (χ4n) is 0.283. The van der Waals surface area contributed by atoms with Gasteiger partial charge in [0.2, 0.25) is 0 Å². The first-order chi connectivity index (χ1) is 6.16. The molecule has 0 saturated carbocycles. The molecule has 2 heteroatoms. The molecule has 0 rings (SSSR count). The lowest BCUT2D eigenvalue weighted by molar-refractivity contribution is -0.112. The molecule has 0 radical (unpaired) electrons. The summed E-state index contributed by atoms with van der Waals surface area (Å²) in [4.78, 5) is 12.0. The molecule has 0 aliphatic rings. The summed E-state index contributed by atoms with van der Waals surface area (Å²) in [6.07, 6.45) is 4.77. The number of nitrogens with zero attached hydrogens (tertiary/aromatic N) is 1. The van der Waals surface area contributed by atoms with Crippen LogP contribution in [0.15, 0.2) is 25.1 Å². The van der Waals surface area contributed by atoms with Crippen LogP contribution in [-0.2, 0) is 4.79 Å². The van der Waals surface area contributed by atoms with Crippen molar-refractivity contribution >= 4 is 5.78 Å². The van der Waals surface area contributed by atoms with Gasteiger partial charge in [0.05, 0.1) is 0 Å². The Morgan fingerprint density at radius 3 is 1.85 bits per heavy atom. The summed E-state index contributed by atoms with van der Waals surface area (Å²) >= 11 is 0. The Kier molecular flexibility index (Phi) is 23.6. The van der Waals surface area contributed by atoms with Gasteiger partial charge in [-0.05, 0) is 19.2 Å². The first-order valence-electron chi connectivity index (χ1n) is 4.70. The highest BCUT2D eigenvalue weighted by atomic mass is 16.1. The third-order valence-electron chi connectivity index (χ3n) is 0.832. The third kappa shape index (κ3) is 24.8. The summed E-state index contributed by atoms with van der Waals surface area (Å²) in [5.74, 6) is 0.0451. The predicted molar refractivity (Wildman–Crippen MR) is 60.5 cm³/mol. The zero-order valence-electron chi connectivity index (χ0n) is 9.79. The highest BCUT2D eigenvalue weighted by Crippen LogP contribution is 1.83. The molecule has 0 aromatic carbocycles. The van der Waals surface area contributed by atoms with Crippen molar-refractivity contribution in [1.29, 1.82) is 0 Å². The summed E-state index contributed by atoms with van der Waals surface area (Å²) in [5, 5.41) is 0. The van der Waals surface area contributed by atoms with Crippen LogP contribution in [0, 0.1) is 0 Å². The van der Waals surface area contributed by atoms with Crippen LogP contribution in [0.25, 0.3) is 0 Å². The molecular weight excluding hydrogens is 162 g/mol. The molecule has 0 spiro atoms. The van der Waals surface area contributed by atoms with Gasteiger partial charge in [-0.2, -0.15) is 0 Å². The second-order valence-corrected chi connectivity index (χ2v) is 1.77. The van der Waals surface area contributed by atoms with Gasteiger partial charge in [0.25, 0.3) is 0 Å². The zero-order valence-corrected chi connectivity index (χ0v) is 9.79. The molecular formula is C11H23NO. The van der Waals surface area contributed by atoms with Crippen LogP contribution in [0.5, 0.6) is 0 Å². The van der Waals surface area contributed by atoms with Gasteiger partial charge in [-0.15, -0.1) is 0 Å². The molecule has 0 saturated heterocycles. The van der Waals surface area contributed by atoms with Gasteiger partial charge < -0.3 is 4.90 Å². The summed E-state index contributed by atoms with van der Waals surface area (Å²) in [5.41, 5.74) is 0. The summed E-state index contributed by atoms with van der Waals surface area (Å²) in [6.45, 7) is 13.0. The molecule has 2 nitrogen and oxygen atoms in total. The van der Waals surface area contributed by atoms with Gasteiger partial charge in [-0.25, -0.2) is 0 Å². The molecule has 0 unspecified atom stereocenters. The highest BCUT2D eigenvalue weighted by Gasteiger charge is 1.81. The van der Waals surface area contributed by atoms with Crippen molar-refractivity contribution in [2.45, 2.75) is 34.6 Å². The maximum atomic E-state index is 10.3. The van der Waals surface area contributed by atoms with E-state index in [1.807, 2.05) is 34.7 Å². The maximum absolute atomic E-state index is 10.3. The molecule has 0 aromatic rings. The van der Waals surface area contributed by atoms with Crippen molar-refractivity contribution in [1.82, 2.24) is 4.90 Å². The van der Waals surface area contributed by atoms with Gasteiger partial charge in [0.15, 0.2) is 5.78 Å². The average molecular weight is 185 g/mol. The quantitative estimate of drug-likeness (QED) is 0.629. The van der Waals surface area contributed by atoms with E-state index < -0.39 is 0 Å². The lowest BCUT2D eigenvalue weighted by Crippen LogP contribution is -1.99. The maximum Gasteiger partial charge on any atom is 0.154 e. The van der Waals surface area contributed by atoms with Gasteiger partial charge in [-0.3, -0.25) is 4.79 Å². The van der Waals surface area contributed by atoms with E-state index in [4.69, 9.17) is 0 Å².